The molecule has 6 heteroatoms. The van der Waals surface area contributed by atoms with Crippen LogP contribution in [0.15, 0.2) is 39.9 Å². The number of hydrogen-bond donors (Lipinski definition) is 1. The maximum absolute atomic E-state index is 5.29. The number of furan rings is 1. The lowest BCUT2D eigenvalue weighted by Crippen LogP contribution is -2.06. The van der Waals surface area contributed by atoms with Gasteiger partial charge in [-0.1, -0.05) is 5.16 Å². The molecule has 0 aliphatic rings. The van der Waals surface area contributed by atoms with Crippen molar-refractivity contribution in [1.29, 1.82) is 0 Å². The number of hydrogen-bond acceptors (Lipinski definition) is 6. The van der Waals surface area contributed by atoms with Gasteiger partial charge in [-0.05, 0) is 12.1 Å². The van der Waals surface area contributed by atoms with E-state index in [2.05, 4.69) is 20.4 Å². The first-order valence-electron chi connectivity index (χ1n) is 5.25. The summed E-state index contributed by atoms with van der Waals surface area (Å²) < 4.78 is 10.2. The summed E-state index contributed by atoms with van der Waals surface area (Å²) in [5.41, 5.74) is 0.820. The van der Waals surface area contributed by atoms with Crippen LogP contribution in [-0.2, 0) is 6.42 Å². The molecule has 0 spiro atoms. The van der Waals surface area contributed by atoms with E-state index in [1.165, 1.54) is 6.33 Å². The van der Waals surface area contributed by atoms with Crippen LogP contribution in [0.25, 0.3) is 11.0 Å². The molecular formula is C11H10N4O2. The molecule has 0 atom stereocenters. The van der Waals surface area contributed by atoms with Crippen molar-refractivity contribution in [3.63, 3.8) is 0 Å². The Morgan fingerprint density at radius 1 is 1.24 bits per heavy atom. The van der Waals surface area contributed by atoms with Gasteiger partial charge in [-0.25, -0.2) is 4.98 Å². The fourth-order valence-corrected chi connectivity index (χ4v) is 1.63. The number of aromatic nitrogens is 3. The minimum Gasteiger partial charge on any atom is -0.464 e. The Kier molecular flexibility index (Phi) is 2.45. The van der Waals surface area contributed by atoms with Crippen molar-refractivity contribution >= 4 is 16.8 Å². The second-order valence-electron chi connectivity index (χ2n) is 3.50. The lowest BCUT2D eigenvalue weighted by atomic mass is 10.3. The Morgan fingerprint density at radius 3 is 3.12 bits per heavy atom. The highest BCUT2D eigenvalue weighted by atomic mass is 16.5. The van der Waals surface area contributed by atoms with E-state index in [0.717, 1.165) is 16.8 Å². The van der Waals surface area contributed by atoms with Gasteiger partial charge in [0.25, 0.3) is 0 Å². The summed E-state index contributed by atoms with van der Waals surface area (Å²) in [6, 6.07) is 3.72. The smallest absolute Gasteiger partial charge is 0.228 e. The van der Waals surface area contributed by atoms with Gasteiger partial charge < -0.3 is 14.3 Å². The monoisotopic (exact) mass is 230 g/mol. The molecule has 0 saturated carbocycles. The second kappa shape index (κ2) is 4.25. The van der Waals surface area contributed by atoms with E-state index in [4.69, 9.17) is 8.94 Å². The average molecular weight is 230 g/mol. The predicted octanol–water partition coefficient (Wildman–Crippen LogP) is 1.87. The Labute approximate surface area is 96.6 Å². The number of rotatable bonds is 4. The molecule has 17 heavy (non-hydrogen) atoms. The average Bonchev–Trinajstić information content (AvgIpc) is 2.99. The van der Waals surface area contributed by atoms with Gasteiger partial charge in [0.05, 0.1) is 11.6 Å². The number of nitrogens with zero attached hydrogens (tertiary/aromatic N) is 3. The summed E-state index contributed by atoms with van der Waals surface area (Å²) >= 11 is 0. The number of anilines is 1. The third kappa shape index (κ3) is 1.96. The van der Waals surface area contributed by atoms with Gasteiger partial charge in [-0.15, -0.1) is 0 Å². The minimum absolute atomic E-state index is 0.608. The van der Waals surface area contributed by atoms with Gasteiger partial charge in [0, 0.05) is 19.2 Å². The van der Waals surface area contributed by atoms with E-state index < -0.39 is 0 Å². The Morgan fingerprint density at radius 2 is 2.24 bits per heavy atom. The van der Waals surface area contributed by atoms with Gasteiger partial charge in [0.15, 0.2) is 6.33 Å². The summed E-state index contributed by atoms with van der Waals surface area (Å²) in [4.78, 5) is 8.20. The zero-order valence-corrected chi connectivity index (χ0v) is 8.96. The van der Waals surface area contributed by atoms with Crippen LogP contribution < -0.4 is 5.32 Å². The third-order valence-electron chi connectivity index (χ3n) is 2.42. The van der Waals surface area contributed by atoms with E-state index in [1.807, 2.05) is 12.1 Å². The molecule has 0 saturated heterocycles. The summed E-state index contributed by atoms with van der Waals surface area (Å²) in [6.45, 7) is 0.680. The van der Waals surface area contributed by atoms with Crippen molar-refractivity contribution < 1.29 is 8.94 Å². The molecule has 0 bridgehead atoms. The Bertz CT molecular complexity index is 603. The van der Waals surface area contributed by atoms with Gasteiger partial charge in [-0.2, -0.15) is 4.98 Å². The molecule has 3 heterocycles. The van der Waals surface area contributed by atoms with Crippen molar-refractivity contribution in [2.45, 2.75) is 6.42 Å². The fraction of sp³-hybridized carbons (Fsp3) is 0.182. The maximum atomic E-state index is 5.29. The third-order valence-corrected chi connectivity index (χ3v) is 2.42. The summed E-state index contributed by atoms with van der Waals surface area (Å²) in [5, 5.41) is 7.73. The van der Waals surface area contributed by atoms with Crippen LogP contribution in [-0.4, -0.2) is 21.7 Å². The van der Waals surface area contributed by atoms with E-state index in [9.17, 15) is 0 Å². The first kappa shape index (κ1) is 9.83. The SMILES string of the molecule is c1noc(CCNc2nccc3occc23)n1. The molecular weight excluding hydrogens is 220 g/mol. The van der Waals surface area contributed by atoms with E-state index in [-0.39, 0.29) is 0 Å². The van der Waals surface area contributed by atoms with Crippen molar-refractivity contribution in [1.82, 2.24) is 15.1 Å². The van der Waals surface area contributed by atoms with Crippen LogP contribution in [0, 0.1) is 0 Å². The zero-order valence-electron chi connectivity index (χ0n) is 8.96. The molecule has 86 valence electrons. The predicted molar refractivity (Wildman–Crippen MR) is 60.5 cm³/mol. The van der Waals surface area contributed by atoms with Gasteiger partial charge in [0.2, 0.25) is 5.89 Å². The van der Waals surface area contributed by atoms with Crippen LogP contribution in [0.3, 0.4) is 0 Å². The van der Waals surface area contributed by atoms with Gasteiger partial charge in [0.1, 0.15) is 11.4 Å². The second-order valence-corrected chi connectivity index (χ2v) is 3.50. The molecule has 6 nitrogen and oxygen atoms in total. The zero-order chi connectivity index (χ0) is 11.5. The van der Waals surface area contributed by atoms with Crippen molar-refractivity contribution in [3.05, 3.63) is 36.8 Å². The molecule has 0 unspecified atom stereocenters. The van der Waals surface area contributed by atoms with Crippen molar-refractivity contribution in [2.24, 2.45) is 0 Å². The van der Waals surface area contributed by atoms with Crippen molar-refractivity contribution in [2.75, 3.05) is 11.9 Å². The molecule has 0 aromatic carbocycles. The molecule has 1 N–H and O–H groups in total. The molecule has 0 fully saturated rings. The highest BCUT2D eigenvalue weighted by Crippen LogP contribution is 2.21. The van der Waals surface area contributed by atoms with Crippen LogP contribution >= 0.6 is 0 Å². The maximum Gasteiger partial charge on any atom is 0.228 e. The number of fused-ring (bicyclic) bond motifs is 1. The van der Waals surface area contributed by atoms with Crippen molar-refractivity contribution in [3.8, 4) is 0 Å². The van der Waals surface area contributed by atoms with Crippen LogP contribution in [0.2, 0.25) is 0 Å². The fourth-order valence-electron chi connectivity index (χ4n) is 1.63. The first-order valence-corrected chi connectivity index (χ1v) is 5.25. The highest BCUT2D eigenvalue weighted by molar-refractivity contribution is 5.87. The summed E-state index contributed by atoms with van der Waals surface area (Å²) in [6.07, 6.45) is 5.41. The molecule has 3 rings (SSSR count). The van der Waals surface area contributed by atoms with Gasteiger partial charge >= 0.3 is 0 Å². The summed E-state index contributed by atoms with van der Waals surface area (Å²) in [5.74, 6) is 1.41. The topological polar surface area (TPSA) is 77.0 Å². The van der Waals surface area contributed by atoms with E-state index in [0.29, 0.717) is 18.9 Å². The lowest BCUT2D eigenvalue weighted by Gasteiger charge is -2.03. The quantitative estimate of drug-likeness (QED) is 0.737. The van der Waals surface area contributed by atoms with Gasteiger partial charge in [-0.3, -0.25) is 0 Å². The molecule has 3 aromatic rings. The molecule has 0 aliphatic heterocycles. The number of nitrogens with one attached hydrogen (secondary N) is 1. The molecule has 0 radical (unpaired) electrons. The van der Waals surface area contributed by atoms with Crippen LogP contribution in [0.1, 0.15) is 5.89 Å². The Balaban J connectivity index is 1.70. The normalized spacial score (nSPS) is 10.8. The highest BCUT2D eigenvalue weighted by Gasteiger charge is 2.04. The Hall–Kier alpha value is -2.37. The van der Waals surface area contributed by atoms with Crippen LogP contribution in [0.4, 0.5) is 5.82 Å². The lowest BCUT2D eigenvalue weighted by molar-refractivity contribution is 0.380. The molecule has 0 amide bonds. The van der Waals surface area contributed by atoms with E-state index >= 15 is 0 Å². The molecule has 0 aliphatic carbocycles. The minimum atomic E-state index is 0.608. The van der Waals surface area contributed by atoms with E-state index in [1.54, 1.807) is 12.5 Å². The largest absolute Gasteiger partial charge is 0.464 e. The molecule has 3 aromatic heterocycles. The standard InChI is InChI=1S/C11H10N4O2/c1-4-12-11(8-3-6-16-9(1)8)13-5-2-10-14-7-15-17-10/h1,3-4,6-7H,2,5H2,(H,12,13). The summed E-state index contributed by atoms with van der Waals surface area (Å²) in [7, 11) is 0. The van der Waals surface area contributed by atoms with Crippen LogP contribution in [0.5, 0.6) is 0 Å². The first-order chi connectivity index (χ1) is 8.43. The number of pyridine rings is 1.